The lowest BCUT2D eigenvalue weighted by Crippen LogP contribution is -2.39. The fraction of sp³-hybridized carbons (Fsp3) is 0.917. The van der Waals surface area contributed by atoms with E-state index in [1.54, 1.807) is 0 Å². The number of carbonyl (C=O) groups is 1. The highest BCUT2D eigenvalue weighted by Gasteiger charge is 2.46. The van der Waals surface area contributed by atoms with Crippen molar-refractivity contribution in [1.82, 2.24) is 5.32 Å². The van der Waals surface area contributed by atoms with E-state index in [0.717, 1.165) is 26.0 Å². The number of carbonyl (C=O) groups excluding carboxylic acids is 1. The predicted molar refractivity (Wildman–Crippen MR) is 60.1 cm³/mol. The molecule has 1 heterocycles. The molecule has 4 nitrogen and oxygen atoms in total. The van der Waals surface area contributed by atoms with Gasteiger partial charge < -0.3 is 14.8 Å². The van der Waals surface area contributed by atoms with Gasteiger partial charge in [0.15, 0.2) is 0 Å². The topological polar surface area (TPSA) is 47.6 Å². The number of amides is 1. The van der Waals surface area contributed by atoms with Gasteiger partial charge in [0.25, 0.3) is 0 Å². The molecule has 0 aromatic carbocycles. The average molecular weight is 227 g/mol. The maximum atomic E-state index is 10.3. The fourth-order valence-corrected chi connectivity index (χ4v) is 2.59. The molecule has 0 aromatic rings. The lowest BCUT2D eigenvalue weighted by atomic mass is 9.89. The average Bonchev–Trinajstić information content (AvgIpc) is 2.86. The maximum Gasteiger partial charge on any atom is 0.207 e. The highest BCUT2D eigenvalue weighted by Crippen LogP contribution is 2.46. The molecular weight excluding hydrogens is 206 g/mol. The minimum atomic E-state index is 0.0548. The van der Waals surface area contributed by atoms with Gasteiger partial charge in [0, 0.05) is 5.41 Å². The maximum absolute atomic E-state index is 10.3. The molecule has 0 radical (unpaired) electrons. The normalized spacial score (nSPS) is 36.0. The van der Waals surface area contributed by atoms with Crippen molar-refractivity contribution in [2.75, 3.05) is 13.2 Å². The lowest BCUT2D eigenvalue weighted by molar-refractivity contribution is -0.111. The van der Waals surface area contributed by atoms with E-state index in [0.29, 0.717) is 6.10 Å². The minimum Gasteiger partial charge on any atom is -0.378 e. The van der Waals surface area contributed by atoms with E-state index < -0.39 is 0 Å². The summed E-state index contributed by atoms with van der Waals surface area (Å²) in [5, 5.41) is 2.72. The summed E-state index contributed by atoms with van der Waals surface area (Å²) < 4.78 is 11.5. The quantitative estimate of drug-likeness (QED) is 0.691. The van der Waals surface area contributed by atoms with Crippen LogP contribution < -0.4 is 5.32 Å². The van der Waals surface area contributed by atoms with E-state index in [1.165, 1.54) is 12.8 Å². The molecule has 2 aliphatic rings. The Hall–Kier alpha value is -0.610. The molecule has 2 bridgehead atoms. The molecule has 1 amide bonds. The third-order valence-electron chi connectivity index (χ3n) is 3.97. The van der Waals surface area contributed by atoms with Gasteiger partial charge in [-0.1, -0.05) is 0 Å². The molecule has 0 aromatic heterocycles. The molecule has 16 heavy (non-hydrogen) atoms. The highest BCUT2D eigenvalue weighted by molar-refractivity contribution is 5.46. The monoisotopic (exact) mass is 227 g/mol. The Kier molecular flexibility index (Phi) is 3.50. The van der Waals surface area contributed by atoms with Crippen molar-refractivity contribution in [3.05, 3.63) is 0 Å². The van der Waals surface area contributed by atoms with Gasteiger partial charge in [-0.15, -0.1) is 0 Å². The molecule has 1 aliphatic carbocycles. The first-order chi connectivity index (χ1) is 7.65. The summed E-state index contributed by atoms with van der Waals surface area (Å²) in [6.45, 7) is 5.56. The highest BCUT2D eigenvalue weighted by atomic mass is 16.5. The largest absolute Gasteiger partial charge is 0.378 e. The molecule has 92 valence electrons. The third kappa shape index (κ3) is 2.38. The molecule has 4 unspecified atom stereocenters. The second kappa shape index (κ2) is 4.72. The number of nitrogens with one attached hydrogen (secondary N) is 1. The minimum absolute atomic E-state index is 0.0548. The molecule has 0 spiro atoms. The molecule has 1 saturated heterocycles. The fourth-order valence-electron chi connectivity index (χ4n) is 2.59. The van der Waals surface area contributed by atoms with Crippen LogP contribution in [0.3, 0.4) is 0 Å². The van der Waals surface area contributed by atoms with E-state index in [4.69, 9.17) is 9.47 Å². The van der Waals surface area contributed by atoms with Gasteiger partial charge in [-0.25, -0.2) is 0 Å². The first kappa shape index (κ1) is 11.9. The number of hydrogen-bond acceptors (Lipinski definition) is 3. The van der Waals surface area contributed by atoms with Crippen molar-refractivity contribution in [1.29, 1.82) is 0 Å². The molecule has 4 heteroatoms. The van der Waals surface area contributed by atoms with Gasteiger partial charge in [-0.05, 0) is 33.1 Å². The molecule has 2 fully saturated rings. The van der Waals surface area contributed by atoms with Gasteiger partial charge >= 0.3 is 0 Å². The Morgan fingerprint density at radius 3 is 2.94 bits per heavy atom. The summed E-state index contributed by atoms with van der Waals surface area (Å²) in [6, 6.07) is 0.0634. The number of rotatable bonds is 6. The third-order valence-corrected chi connectivity index (χ3v) is 3.97. The van der Waals surface area contributed by atoms with Crippen LogP contribution in [-0.2, 0) is 14.3 Å². The Morgan fingerprint density at radius 1 is 1.62 bits per heavy atom. The van der Waals surface area contributed by atoms with Gasteiger partial charge in [0.1, 0.15) is 0 Å². The van der Waals surface area contributed by atoms with Crippen molar-refractivity contribution in [2.24, 2.45) is 5.41 Å². The van der Waals surface area contributed by atoms with E-state index in [2.05, 4.69) is 5.32 Å². The van der Waals surface area contributed by atoms with Crippen LogP contribution in [-0.4, -0.2) is 37.9 Å². The van der Waals surface area contributed by atoms with Crippen molar-refractivity contribution in [3.8, 4) is 0 Å². The van der Waals surface area contributed by atoms with E-state index in [1.807, 2.05) is 13.8 Å². The van der Waals surface area contributed by atoms with Crippen molar-refractivity contribution >= 4 is 6.41 Å². The zero-order valence-corrected chi connectivity index (χ0v) is 10.1. The van der Waals surface area contributed by atoms with Crippen LogP contribution in [0.4, 0.5) is 0 Å². The second-order valence-corrected chi connectivity index (χ2v) is 5.27. The lowest BCUT2D eigenvalue weighted by Gasteiger charge is -2.28. The standard InChI is InChI=1S/C12H21NO3/c1-9(13-8-14)10(2)15-6-12-4-3-11(5-12)16-7-12/h8-11H,3-7H2,1-2H3,(H,13,14). The summed E-state index contributed by atoms with van der Waals surface area (Å²) >= 11 is 0. The first-order valence-electron chi connectivity index (χ1n) is 6.08. The van der Waals surface area contributed by atoms with E-state index in [9.17, 15) is 4.79 Å². The van der Waals surface area contributed by atoms with Crippen LogP contribution >= 0.6 is 0 Å². The van der Waals surface area contributed by atoms with Gasteiger partial charge in [0.2, 0.25) is 6.41 Å². The first-order valence-corrected chi connectivity index (χ1v) is 6.08. The van der Waals surface area contributed by atoms with Gasteiger partial charge in [0.05, 0.1) is 31.5 Å². The number of hydrogen-bond donors (Lipinski definition) is 1. The van der Waals surface area contributed by atoms with Crippen molar-refractivity contribution in [3.63, 3.8) is 0 Å². The second-order valence-electron chi connectivity index (χ2n) is 5.27. The molecule has 1 aliphatic heterocycles. The zero-order valence-electron chi connectivity index (χ0n) is 10.1. The Labute approximate surface area is 96.7 Å². The summed E-state index contributed by atoms with van der Waals surface area (Å²) in [7, 11) is 0. The summed E-state index contributed by atoms with van der Waals surface area (Å²) in [5.74, 6) is 0. The van der Waals surface area contributed by atoms with Crippen molar-refractivity contribution in [2.45, 2.75) is 51.4 Å². The molecule has 4 atom stereocenters. The smallest absolute Gasteiger partial charge is 0.207 e. The predicted octanol–water partition coefficient (Wildman–Crippen LogP) is 1.10. The van der Waals surface area contributed by atoms with Crippen LogP contribution in [0.1, 0.15) is 33.1 Å². The summed E-state index contributed by atoms with van der Waals surface area (Å²) in [4.78, 5) is 10.3. The Balaban J connectivity index is 1.76. The molecular formula is C12H21NO3. The van der Waals surface area contributed by atoms with Crippen LogP contribution in [0.5, 0.6) is 0 Å². The Bertz CT molecular complexity index is 249. The van der Waals surface area contributed by atoms with Crippen molar-refractivity contribution < 1.29 is 14.3 Å². The number of fused-ring (bicyclic) bond motifs is 2. The van der Waals surface area contributed by atoms with Crippen LogP contribution in [0.15, 0.2) is 0 Å². The zero-order chi connectivity index (χ0) is 11.6. The Morgan fingerprint density at radius 2 is 2.44 bits per heavy atom. The van der Waals surface area contributed by atoms with Crippen LogP contribution in [0, 0.1) is 5.41 Å². The summed E-state index contributed by atoms with van der Waals surface area (Å²) in [6.07, 6.45) is 4.81. The molecule has 1 saturated carbocycles. The number of ether oxygens (including phenoxy) is 2. The van der Waals surface area contributed by atoms with E-state index in [-0.39, 0.29) is 17.6 Å². The van der Waals surface area contributed by atoms with E-state index >= 15 is 0 Å². The van der Waals surface area contributed by atoms with Gasteiger partial charge in [-0.2, -0.15) is 0 Å². The van der Waals surface area contributed by atoms with Crippen LogP contribution in [0.25, 0.3) is 0 Å². The SMILES string of the molecule is CC(NC=O)C(C)OCC12CCC(C1)OC2. The van der Waals surface area contributed by atoms with Gasteiger partial charge in [-0.3, -0.25) is 4.79 Å². The molecule has 1 N–H and O–H groups in total. The molecule has 2 rings (SSSR count). The summed E-state index contributed by atoms with van der Waals surface area (Å²) in [5.41, 5.74) is 0.264. The van der Waals surface area contributed by atoms with Crippen LogP contribution in [0.2, 0.25) is 0 Å².